The Bertz CT molecular complexity index is 964. The van der Waals surface area contributed by atoms with Crippen molar-refractivity contribution in [2.24, 2.45) is 5.92 Å². The van der Waals surface area contributed by atoms with E-state index in [9.17, 15) is 18.0 Å². The number of nitrogens with one attached hydrogen (secondary N) is 1. The van der Waals surface area contributed by atoms with Crippen molar-refractivity contribution < 1.29 is 18.0 Å². The number of carbonyl (C=O) groups excluding carboxylic acids is 1. The van der Waals surface area contributed by atoms with E-state index in [0.717, 1.165) is 57.8 Å². The van der Waals surface area contributed by atoms with Crippen LogP contribution < -0.4 is 10.2 Å². The van der Waals surface area contributed by atoms with E-state index in [0.29, 0.717) is 18.9 Å². The van der Waals surface area contributed by atoms with E-state index in [1.807, 2.05) is 11.8 Å². The van der Waals surface area contributed by atoms with E-state index in [1.165, 1.54) is 17.3 Å². The van der Waals surface area contributed by atoms with Crippen molar-refractivity contribution in [3.05, 3.63) is 53.7 Å². The molecule has 6 nitrogen and oxygen atoms in total. The Balaban J connectivity index is 0.00000361. The third-order valence-corrected chi connectivity index (χ3v) is 6.97. The summed E-state index contributed by atoms with van der Waals surface area (Å²) in [5.41, 5.74) is 1.76. The fourth-order valence-corrected chi connectivity index (χ4v) is 4.82. The maximum Gasteiger partial charge on any atom is 0.417 e. The molecule has 1 amide bonds. The molecule has 0 radical (unpaired) electrons. The molecule has 2 aromatic rings. The number of benzene rings is 1. The molecule has 0 aliphatic carbocycles. The molecular weight excluding hydrogens is 467 g/mol. The summed E-state index contributed by atoms with van der Waals surface area (Å²) < 4.78 is 38.1. The number of hydrogen-bond acceptors (Lipinski definition) is 5. The summed E-state index contributed by atoms with van der Waals surface area (Å²) in [5.74, 6) is 0.542. The molecule has 1 aromatic carbocycles. The number of carbonyl (C=O) groups is 1. The first-order chi connectivity index (χ1) is 16.7. The zero-order chi connectivity index (χ0) is 25.0. The number of pyridine rings is 1. The number of alkyl halides is 3. The summed E-state index contributed by atoms with van der Waals surface area (Å²) in [4.78, 5) is 23.6. The number of piperidine rings is 1. The molecule has 2 aliphatic rings. The Morgan fingerprint density at radius 2 is 1.67 bits per heavy atom. The summed E-state index contributed by atoms with van der Waals surface area (Å²) in [5, 5.41) is 3.21. The van der Waals surface area contributed by atoms with Gasteiger partial charge in [-0.3, -0.25) is 9.69 Å². The lowest BCUT2D eigenvalue weighted by Gasteiger charge is -2.38. The van der Waals surface area contributed by atoms with Gasteiger partial charge in [-0.15, -0.1) is 0 Å². The molecule has 0 spiro atoms. The van der Waals surface area contributed by atoms with Gasteiger partial charge >= 0.3 is 6.18 Å². The highest BCUT2D eigenvalue weighted by Crippen LogP contribution is 2.29. The molecule has 1 N–H and O–H groups in total. The Hall–Kier alpha value is -2.81. The lowest BCUT2D eigenvalue weighted by Crippen LogP contribution is -2.50. The van der Waals surface area contributed by atoms with Crippen molar-refractivity contribution in [1.29, 1.82) is 0 Å². The van der Waals surface area contributed by atoms with Crippen LogP contribution in [0, 0.1) is 12.8 Å². The van der Waals surface area contributed by atoms with Gasteiger partial charge in [0, 0.05) is 69.7 Å². The molecule has 36 heavy (non-hydrogen) atoms. The number of nitrogens with zero attached hydrogens (tertiary/aromatic N) is 4. The first kappa shape index (κ1) is 27.8. The van der Waals surface area contributed by atoms with Crippen LogP contribution >= 0.6 is 0 Å². The highest BCUT2D eigenvalue weighted by Gasteiger charge is 2.31. The quantitative estimate of drug-likeness (QED) is 0.605. The molecule has 0 saturated carbocycles. The van der Waals surface area contributed by atoms with Gasteiger partial charge in [0.1, 0.15) is 5.82 Å². The van der Waals surface area contributed by atoms with Crippen LogP contribution in [0.25, 0.3) is 0 Å². The van der Waals surface area contributed by atoms with Gasteiger partial charge in [-0.1, -0.05) is 32.0 Å². The van der Waals surface area contributed by atoms with Gasteiger partial charge < -0.3 is 15.1 Å². The molecule has 4 rings (SSSR count). The van der Waals surface area contributed by atoms with Crippen LogP contribution in [-0.2, 0) is 11.0 Å². The monoisotopic (exact) mass is 505 g/mol. The summed E-state index contributed by atoms with van der Waals surface area (Å²) in [6.45, 7) is 9.94. The molecule has 198 valence electrons. The second kappa shape index (κ2) is 12.0. The maximum absolute atomic E-state index is 13.0. The molecule has 1 aromatic heterocycles. The minimum absolute atomic E-state index is 0. The van der Waals surface area contributed by atoms with Crippen molar-refractivity contribution in [1.82, 2.24) is 14.8 Å². The average Bonchev–Trinajstić information content (AvgIpc) is 2.85. The van der Waals surface area contributed by atoms with E-state index in [2.05, 4.69) is 51.3 Å². The van der Waals surface area contributed by atoms with Crippen LogP contribution in [0.2, 0.25) is 0 Å². The van der Waals surface area contributed by atoms with Crippen LogP contribution in [0.15, 0.2) is 42.6 Å². The van der Waals surface area contributed by atoms with Crippen LogP contribution in [-0.4, -0.2) is 72.5 Å². The standard InChI is InChI=1S/C26H34F3N5O.CH4/c1-19-3-6-23(7-4-19)33-15-13-32(14-16-33)18-20(2)25(35)34-11-9-22(10-12-34)31-24-8-5-21(17-30-24)26(27,28)29;/h3-8,17,20,22H,9-16,18H2,1-2H3,(H,30,31);1H4. The van der Waals surface area contributed by atoms with Crippen LogP contribution in [0.1, 0.15) is 38.3 Å². The van der Waals surface area contributed by atoms with Gasteiger partial charge in [0.05, 0.1) is 5.56 Å². The topological polar surface area (TPSA) is 51.7 Å². The zero-order valence-corrected chi connectivity index (χ0v) is 20.4. The first-order valence-corrected chi connectivity index (χ1v) is 12.3. The lowest BCUT2D eigenvalue weighted by atomic mass is 10.0. The number of piperazine rings is 1. The maximum atomic E-state index is 13.0. The molecule has 1 atom stereocenters. The van der Waals surface area contributed by atoms with Crippen molar-refractivity contribution in [2.75, 3.05) is 56.0 Å². The Morgan fingerprint density at radius 1 is 1.03 bits per heavy atom. The smallest absolute Gasteiger partial charge is 0.369 e. The van der Waals surface area contributed by atoms with E-state index in [4.69, 9.17) is 0 Å². The molecule has 3 heterocycles. The van der Waals surface area contributed by atoms with Gasteiger partial charge in [-0.2, -0.15) is 13.2 Å². The summed E-state index contributed by atoms with van der Waals surface area (Å²) >= 11 is 0. The van der Waals surface area contributed by atoms with Crippen LogP contribution in [0.4, 0.5) is 24.7 Å². The fourth-order valence-electron chi connectivity index (χ4n) is 4.82. The SMILES string of the molecule is C.Cc1ccc(N2CCN(CC(C)C(=O)N3CCC(Nc4ccc(C(F)(F)F)cn4)CC3)CC2)cc1. The van der Waals surface area contributed by atoms with Gasteiger partial charge in [-0.25, -0.2) is 4.98 Å². The first-order valence-electron chi connectivity index (χ1n) is 12.3. The Labute approximate surface area is 212 Å². The Morgan fingerprint density at radius 3 is 2.22 bits per heavy atom. The molecule has 2 saturated heterocycles. The molecule has 0 bridgehead atoms. The lowest BCUT2D eigenvalue weighted by molar-refractivity contribution is -0.138. The zero-order valence-electron chi connectivity index (χ0n) is 20.4. The largest absolute Gasteiger partial charge is 0.417 e. The summed E-state index contributed by atoms with van der Waals surface area (Å²) in [7, 11) is 0. The number of rotatable bonds is 6. The second-order valence-corrected chi connectivity index (χ2v) is 9.70. The predicted octanol–water partition coefficient (Wildman–Crippen LogP) is 4.91. The van der Waals surface area contributed by atoms with Crippen LogP contribution in [0.5, 0.6) is 0 Å². The van der Waals surface area contributed by atoms with Gasteiger partial charge in [0.2, 0.25) is 5.91 Å². The van der Waals surface area contributed by atoms with Crippen molar-refractivity contribution in [3.63, 3.8) is 0 Å². The van der Waals surface area contributed by atoms with E-state index in [-0.39, 0.29) is 25.3 Å². The van der Waals surface area contributed by atoms with E-state index >= 15 is 0 Å². The number of halogens is 3. The highest BCUT2D eigenvalue weighted by molar-refractivity contribution is 5.78. The van der Waals surface area contributed by atoms with Gasteiger partial charge in [-0.05, 0) is 44.0 Å². The minimum Gasteiger partial charge on any atom is -0.369 e. The number of aromatic nitrogens is 1. The third kappa shape index (κ3) is 7.12. The van der Waals surface area contributed by atoms with Gasteiger partial charge in [0.25, 0.3) is 0 Å². The molecular formula is C27H38F3N5O. The normalized spacial score (nSPS) is 18.5. The third-order valence-electron chi connectivity index (χ3n) is 6.97. The van der Waals surface area contributed by atoms with Crippen molar-refractivity contribution in [3.8, 4) is 0 Å². The van der Waals surface area contributed by atoms with E-state index < -0.39 is 11.7 Å². The average molecular weight is 506 g/mol. The highest BCUT2D eigenvalue weighted by atomic mass is 19.4. The summed E-state index contributed by atoms with van der Waals surface area (Å²) in [6.07, 6.45) is -2.04. The van der Waals surface area contributed by atoms with Crippen LogP contribution in [0.3, 0.4) is 0 Å². The molecule has 9 heteroatoms. The minimum atomic E-state index is -4.39. The fraction of sp³-hybridized carbons (Fsp3) is 0.556. The van der Waals surface area contributed by atoms with Crippen molar-refractivity contribution in [2.45, 2.75) is 46.3 Å². The molecule has 2 fully saturated rings. The number of amides is 1. The Kier molecular flexibility index (Phi) is 9.22. The number of hydrogen-bond donors (Lipinski definition) is 1. The molecule has 1 unspecified atom stereocenters. The summed E-state index contributed by atoms with van der Waals surface area (Å²) in [6, 6.07) is 11.1. The number of likely N-dealkylation sites (tertiary alicyclic amines) is 1. The van der Waals surface area contributed by atoms with Gasteiger partial charge in [0.15, 0.2) is 0 Å². The van der Waals surface area contributed by atoms with E-state index in [1.54, 1.807) is 0 Å². The van der Waals surface area contributed by atoms with Crippen molar-refractivity contribution >= 4 is 17.4 Å². The second-order valence-electron chi connectivity index (χ2n) is 9.70. The number of anilines is 2. The number of aryl methyl sites for hydroxylation is 1. The predicted molar refractivity (Wildman–Crippen MR) is 138 cm³/mol. The molecule has 2 aliphatic heterocycles.